The second kappa shape index (κ2) is 14.3. The van der Waals surface area contributed by atoms with Crippen molar-refractivity contribution in [1.82, 2.24) is 14.8 Å². The van der Waals surface area contributed by atoms with E-state index in [1.807, 2.05) is 50.2 Å². The number of aromatic nitrogens is 3. The number of nitrogens with zero attached hydrogens (tertiary/aromatic N) is 3. The first kappa shape index (κ1) is 32.1. The van der Waals surface area contributed by atoms with E-state index >= 15 is 0 Å². The second-order valence-electron chi connectivity index (χ2n) is 11.6. The van der Waals surface area contributed by atoms with Crippen LogP contribution in [0.4, 0.5) is 10.3 Å². The van der Waals surface area contributed by atoms with Crippen LogP contribution in [0.3, 0.4) is 0 Å². The number of aryl methyl sites for hydroxylation is 1. The largest absolute Gasteiger partial charge is 0.493 e. The SMILES string of the molecule is COc1cc(C2C(C(=O)OC3CCCCC3)=C(C)Nc3nc(SCc4ccccc4F)nn32)cc(Br)c1OCc1ccc(C)cc1. The van der Waals surface area contributed by atoms with Gasteiger partial charge >= 0.3 is 5.97 Å². The third-order valence-corrected chi connectivity index (χ3v) is 9.74. The molecule has 1 N–H and O–H groups in total. The summed E-state index contributed by atoms with van der Waals surface area (Å²) >= 11 is 5.03. The Morgan fingerprint density at radius 1 is 1.09 bits per heavy atom. The van der Waals surface area contributed by atoms with Crippen molar-refractivity contribution in [2.24, 2.45) is 0 Å². The predicted octanol–water partition coefficient (Wildman–Crippen LogP) is 8.53. The van der Waals surface area contributed by atoms with Crippen LogP contribution in [0.2, 0.25) is 0 Å². The fourth-order valence-corrected chi connectivity index (χ4v) is 7.19. The van der Waals surface area contributed by atoms with Crippen LogP contribution in [0.15, 0.2) is 81.6 Å². The smallest absolute Gasteiger partial charge is 0.338 e. The fourth-order valence-electron chi connectivity index (χ4n) is 5.80. The van der Waals surface area contributed by atoms with E-state index in [-0.39, 0.29) is 11.9 Å². The molecule has 11 heteroatoms. The summed E-state index contributed by atoms with van der Waals surface area (Å²) in [5.41, 5.74) is 4.57. The van der Waals surface area contributed by atoms with Crippen LogP contribution in [0, 0.1) is 12.7 Å². The summed E-state index contributed by atoms with van der Waals surface area (Å²) in [4.78, 5) is 18.6. The van der Waals surface area contributed by atoms with Crippen LogP contribution >= 0.6 is 27.7 Å². The van der Waals surface area contributed by atoms with E-state index in [0.29, 0.717) is 56.3 Å². The molecule has 1 aliphatic heterocycles. The molecule has 3 aromatic carbocycles. The fraction of sp³-hybridized carbons (Fsp3) is 0.343. The number of esters is 1. The lowest BCUT2D eigenvalue weighted by atomic mass is 9.94. The van der Waals surface area contributed by atoms with Gasteiger partial charge in [0.25, 0.3) is 0 Å². The first-order chi connectivity index (χ1) is 22.3. The highest BCUT2D eigenvalue weighted by molar-refractivity contribution is 9.10. The Hall–Kier alpha value is -3.83. The van der Waals surface area contributed by atoms with Crippen LogP contribution in [0.25, 0.3) is 0 Å². The molecule has 1 aromatic heterocycles. The molecular formula is C35H36BrFN4O4S. The third-order valence-electron chi connectivity index (χ3n) is 8.26. The number of fused-ring (bicyclic) bond motifs is 1. The van der Waals surface area contributed by atoms with E-state index in [4.69, 9.17) is 24.3 Å². The van der Waals surface area contributed by atoms with E-state index in [9.17, 15) is 9.18 Å². The van der Waals surface area contributed by atoms with Crippen LogP contribution < -0.4 is 14.8 Å². The van der Waals surface area contributed by atoms with Crippen LogP contribution in [0.5, 0.6) is 11.5 Å². The maximum Gasteiger partial charge on any atom is 0.338 e. The van der Waals surface area contributed by atoms with E-state index in [2.05, 4.69) is 21.2 Å². The number of ether oxygens (including phenoxy) is 3. The molecule has 1 saturated carbocycles. The number of thioether (sulfide) groups is 1. The van der Waals surface area contributed by atoms with Crippen LogP contribution in [-0.4, -0.2) is 33.9 Å². The summed E-state index contributed by atoms with van der Waals surface area (Å²) in [7, 11) is 1.59. The maximum absolute atomic E-state index is 14.3. The van der Waals surface area contributed by atoms with Gasteiger partial charge in [-0.05, 0) is 90.4 Å². The van der Waals surface area contributed by atoms with Gasteiger partial charge < -0.3 is 19.5 Å². The van der Waals surface area contributed by atoms with Gasteiger partial charge in [0.1, 0.15) is 24.6 Å². The summed E-state index contributed by atoms with van der Waals surface area (Å²) < 4.78 is 34.8. The Labute approximate surface area is 280 Å². The van der Waals surface area contributed by atoms with Crippen molar-refractivity contribution in [2.45, 2.75) is 75.6 Å². The van der Waals surface area contributed by atoms with Crippen molar-refractivity contribution in [3.05, 3.63) is 104 Å². The van der Waals surface area contributed by atoms with Crippen molar-refractivity contribution in [2.75, 3.05) is 12.4 Å². The molecule has 1 aliphatic carbocycles. The lowest BCUT2D eigenvalue weighted by Crippen LogP contribution is -2.32. The number of halogens is 2. The second-order valence-corrected chi connectivity index (χ2v) is 13.4. The van der Waals surface area contributed by atoms with Crippen molar-refractivity contribution >= 4 is 39.6 Å². The number of benzene rings is 3. The Kier molecular flexibility index (Phi) is 9.98. The first-order valence-electron chi connectivity index (χ1n) is 15.4. The predicted molar refractivity (Wildman–Crippen MR) is 180 cm³/mol. The number of carbonyl (C=O) groups is 1. The van der Waals surface area contributed by atoms with E-state index in [0.717, 1.165) is 43.2 Å². The lowest BCUT2D eigenvalue weighted by Gasteiger charge is -2.30. The summed E-state index contributed by atoms with van der Waals surface area (Å²) in [6, 6.07) is 17.9. The highest BCUT2D eigenvalue weighted by Gasteiger charge is 2.37. The summed E-state index contributed by atoms with van der Waals surface area (Å²) in [5.74, 6) is 1.22. The molecule has 2 heterocycles. The van der Waals surface area contributed by atoms with Crippen molar-refractivity contribution < 1.29 is 23.4 Å². The minimum atomic E-state index is -0.668. The van der Waals surface area contributed by atoms with Gasteiger partial charge in [0.2, 0.25) is 11.1 Å². The number of methoxy groups -OCH3 is 1. The Balaban J connectivity index is 1.35. The van der Waals surface area contributed by atoms with E-state index in [1.165, 1.54) is 23.4 Å². The number of hydrogen-bond donors (Lipinski definition) is 1. The van der Waals surface area contributed by atoms with Gasteiger partial charge in [-0.2, -0.15) is 4.98 Å². The minimum absolute atomic E-state index is 0.120. The zero-order valence-corrected chi connectivity index (χ0v) is 28.4. The summed E-state index contributed by atoms with van der Waals surface area (Å²) in [6.07, 6.45) is 4.83. The lowest BCUT2D eigenvalue weighted by molar-refractivity contribution is -0.146. The van der Waals surface area contributed by atoms with E-state index in [1.54, 1.807) is 30.0 Å². The number of allylic oxidation sites excluding steroid dienone is 1. The molecule has 1 fully saturated rings. The molecule has 0 radical (unpaired) electrons. The number of rotatable bonds is 10. The first-order valence-corrected chi connectivity index (χ1v) is 17.2. The summed E-state index contributed by atoms with van der Waals surface area (Å²) in [5, 5.41) is 8.53. The normalized spacial score (nSPS) is 16.5. The highest BCUT2D eigenvalue weighted by Crippen LogP contribution is 2.44. The molecule has 0 saturated heterocycles. The molecule has 240 valence electrons. The topological polar surface area (TPSA) is 87.5 Å². The van der Waals surface area contributed by atoms with Gasteiger partial charge in [-0.15, -0.1) is 5.10 Å². The molecule has 0 amide bonds. The molecule has 2 aliphatic rings. The molecule has 1 atom stereocenters. The number of hydrogen-bond acceptors (Lipinski definition) is 8. The Bertz CT molecular complexity index is 1750. The molecule has 6 rings (SSSR count). The molecule has 0 bridgehead atoms. The Morgan fingerprint density at radius 3 is 2.59 bits per heavy atom. The Morgan fingerprint density at radius 2 is 1.85 bits per heavy atom. The molecular weight excluding hydrogens is 671 g/mol. The molecule has 46 heavy (non-hydrogen) atoms. The van der Waals surface area contributed by atoms with Crippen molar-refractivity contribution in [1.29, 1.82) is 0 Å². The standard InChI is InChI=1S/C35H36BrFN4O4S/c1-21-13-15-23(16-14-21)19-44-32-27(36)17-25(18-29(32)43-3)31-30(33(42)45-26-10-5-4-6-11-26)22(2)38-34-39-35(40-41(31)34)46-20-24-9-7-8-12-28(24)37/h7-9,12-18,26,31H,4-6,10-11,19-20H2,1-3H3,(H,38,39,40). The molecule has 1 unspecified atom stereocenters. The number of anilines is 1. The quantitative estimate of drug-likeness (QED) is 0.130. The molecule has 4 aromatic rings. The average molecular weight is 708 g/mol. The van der Waals surface area contributed by atoms with Gasteiger partial charge in [-0.3, -0.25) is 0 Å². The maximum atomic E-state index is 14.3. The van der Waals surface area contributed by atoms with Gasteiger partial charge in [0.05, 0.1) is 17.2 Å². The van der Waals surface area contributed by atoms with Crippen LogP contribution in [0.1, 0.15) is 67.3 Å². The molecule has 8 nitrogen and oxygen atoms in total. The minimum Gasteiger partial charge on any atom is -0.493 e. The summed E-state index contributed by atoms with van der Waals surface area (Å²) in [6.45, 7) is 4.25. The molecule has 0 spiro atoms. The number of nitrogens with one attached hydrogen (secondary N) is 1. The van der Waals surface area contributed by atoms with Crippen molar-refractivity contribution in [3.63, 3.8) is 0 Å². The van der Waals surface area contributed by atoms with Gasteiger partial charge in [-0.25, -0.2) is 13.9 Å². The van der Waals surface area contributed by atoms with Gasteiger partial charge in [0, 0.05) is 11.4 Å². The zero-order chi connectivity index (χ0) is 32.2. The van der Waals surface area contributed by atoms with Gasteiger partial charge in [0.15, 0.2) is 11.5 Å². The van der Waals surface area contributed by atoms with E-state index < -0.39 is 12.0 Å². The average Bonchev–Trinajstić information content (AvgIpc) is 3.46. The van der Waals surface area contributed by atoms with Crippen molar-refractivity contribution in [3.8, 4) is 11.5 Å². The van der Waals surface area contributed by atoms with Crippen LogP contribution in [-0.2, 0) is 21.9 Å². The third kappa shape index (κ3) is 7.10. The number of carbonyl (C=O) groups excluding carboxylic acids is 1. The zero-order valence-electron chi connectivity index (χ0n) is 26.0. The highest BCUT2D eigenvalue weighted by atomic mass is 79.9. The monoisotopic (exact) mass is 706 g/mol. The van der Waals surface area contributed by atoms with Gasteiger partial charge in [-0.1, -0.05) is 66.2 Å².